The van der Waals surface area contributed by atoms with Crippen LogP contribution >= 0.6 is 23.2 Å². The molecule has 0 saturated carbocycles. The second kappa shape index (κ2) is 7.29. The summed E-state index contributed by atoms with van der Waals surface area (Å²) in [4.78, 5) is 0. The zero-order valence-corrected chi connectivity index (χ0v) is 13.0. The number of nitrogens with zero attached hydrogens (tertiary/aromatic N) is 2. The SMILES string of the molecule is CCCOc1cc(N=Nc2ccc(Cl)cc2)c(Cl)cc1N. The van der Waals surface area contributed by atoms with E-state index in [0.29, 0.717) is 39.5 Å². The van der Waals surface area contributed by atoms with Gasteiger partial charge in [-0.15, -0.1) is 5.11 Å². The number of nitrogens with two attached hydrogens (primary N) is 1. The lowest BCUT2D eigenvalue weighted by Gasteiger charge is -2.09. The zero-order valence-electron chi connectivity index (χ0n) is 11.5. The third-order valence-electron chi connectivity index (χ3n) is 2.64. The predicted octanol–water partition coefficient (Wildman–Crippen LogP) is 5.78. The van der Waals surface area contributed by atoms with Gasteiger partial charge in [-0.05, 0) is 36.8 Å². The first kappa shape index (κ1) is 15.6. The summed E-state index contributed by atoms with van der Waals surface area (Å²) >= 11 is 11.9. The maximum atomic E-state index is 6.12. The van der Waals surface area contributed by atoms with Crippen molar-refractivity contribution in [2.75, 3.05) is 12.3 Å². The topological polar surface area (TPSA) is 60.0 Å². The molecule has 0 aliphatic heterocycles. The molecular weight excluding hydrogens is 309 g/mol. The van der Waals surface area contributed by atoms with Crippen molar-refractivity contribution in [1.82, 2.24) is 0 Å². The molecule has 21 heavy (non-hydrogen) atoms. The first-order valence-electron chi connectivity index (χ1n) is 6.49. The minimum absolute atomic E-state index is 0.425. The van der Waals surface area contributed by atoms with Crippen LogP contribution in [0.1, 0.15) is 13.3 Å². The van der Waals surface area contributed by atoms with E-state index in [2.05, 4.69) is 10.2 Å². The van der Waals surface area contributed by atoms with Crippen molar-refractivity contribution in [2.45, 2.75) is 13.3 Å². The van der Waals surface area contributed by atoms with Crippen LogP contribution in [0, 0.1) is 0 Å². The lowest BCUT2D eigenvalue weighted by Crippen LogP contribution is -1.98. The number of anilines is 1. The van der Waals surface area contributed by atoms with Crippen LogP contribution in [-0.4, -0.2) is 6.61 Å². The number of halogens is 2. The molecule has 0 fully saturated rings. The van der Waals surface area contributed by atoms with Crippen LogP contribution in [0.3, 0.4) is 0 Å². The van der Waals surface area contributed by atoms with Gasteiger partial charge < -0.3 is 10.5 Å². The van der Waals surface area contributed by atoms with E-state index in [0.717, 1.165) is 6.42 Å². The van der Waals surface area contributed by atoms with E-state index < -0.39 is 0 Å². The molecule has 0 bridgehead atoms. The average molecular weight is 324 g/mol. The average Bonchev–Trinajstić information content (AvgIpc) is 2.47. The van der Waals surface area contributed by atoms with Gasteiger partial charge in [0.05, 0.1) is 23.0 Å². The Morgan fingerprint density at radius 3 is 2.48 bits per heavy atom. The molecular formula is C15H15Cl2N3O. The molecule has 0 radical (unpaired) electrons. The van der Waals surface area contributed by atoms with E-state index in [-0.39, 0.29) is 0 Å². The van der Waals surface area contributed by atoms with Gasteiger partial charge in [0.1, 0.15) is 11.4 Å². The third-order valence-corrected chi connectivity index (χ3v) is 3.20. The smallest absolute Gasteiger partial charge is 0.144 e. The van der Waals surface area contributed by atoms with Gasteiger partial charge in [0.25, 0.3) is 0 Å². The van der Waals surface area contributed by atoms with Gasteiger partial charge in [0.2, 0.25) is 0 Å². The van der Waals surface area contributed by atoms with E-state index in [1.165, 1.54) is 0 Å². The second-order valence-electron chi connectivity index (χ2n) is 4.37. The number of nitrogen functional groups attached to an aromatic ring is 1. The number of rotatable bonds is 5. The molecule has 0 amide bonds. The first-order valence-corrected chi connectivity index (χ1v) is 7.25. The largest absolute Gasteiger partial charge is 0.491 e. The van der Waals surface area contributed by atoms with Crippen molar-refractivity contribution in [3.05, 3.63) is 46.4 Å². The lowest BCUT2D eigenvalue weighted by atomic mass is 10.2. The number of hydrogen-bond donors (Lipinski definition) is 1. The van der Waals surface area contributed by atoms with Crippen LogP contribution in [0.5, 0.6) is 5.75 Å². The Kier molecular flexibility index (Phi) is 5.42. The first-order chi connectivity index (χ1) is 10.1. The van der Waals surface area contributed by atoms with E-state index in [4.69, 9.17) is 33.7 Å². The molecule has 6 heteroatoms. The van der Waals surface area contributed by atoms with Crippen molar-refractivity contribution < 1.29 is 4.74 Å². The van der Waals surface area contributed by atoms with E-state index in [9.17, 15) is 0 Å². The van der Waals surface area contributed by atoms with Gasteiger partial charge in [-0.1, -0.05) is 30.1 Å². The molecule has 110 valence electrons. The Balaban J connectivity index is 2.24. The van der Waals surface area contributed by atoms with Gasteiger partial charge >= 0.3 is 0 Å². The normalized spacial score (nSPS) is 11.0. The fourth-order valence-electron chi connectivity index (χ4n) is 1.59. The maximum Gasteiger partial charge on any atom is 0.144 e. The number of azo groups is 1. The molecule has 2 aromatic carbocycles. The molecule has 2 N–H and O–H groups in total. The molecule has 0 aliphatic carbocycles. The Bertz CT molecular complexity index is 642. The van der Waals surface area contributed by atoms with Gasteiger partial charge in [-0.3, -0.25) is 0 Å². The Hall–Kier alpha value is -1.78. The van der Waals surface area contributed by atoms with Crippen molar-refractivity contribution in [2.24, 2.45) is 10.2 Å². The summed E-state index contributed by atoms with van der Waals surface area (Å²) in [5, 5.41) is 9.32. The highest BCUT2D eigenvalue weighted by Gasteiger charge is 2.07. The van der Waals surface area contributed by atoms with E-state index in [1.54, 1.807) is 36.4 Å². The summed E-state index contributed by atoms with van der Waals surface area (Å²) < 4.78 is 5.55. The van der Waals surface area contributed by atoms with Crippen LogP contribution < -0.4 is 10.5 Å². The quantitative estimate of drug-likeness (QED) is 0.560. The van der Waals surface area contributed by atoms with E-state index >= 15 is 0 Å². The fourth-order valence-corrected chi connectivity index (χ4v) is 1.93. The lowest BCUT2D eigenvalue weighted by molar-refractivity contribution is 0.319. The maximum absolute atomic E-state index is 6.12. The van der Waals surface area contributed by atoms with Gasteiger partial charge in [0.15, 0.2) is 0 Å². The van der Waals surface area contributed by atoms with Crippen LogP contribution in [0.15, 0.2) is 46.6 Å². The number of hydrogen-bond acceptors (Lipinski definition) is 4. The van der Waals surface area contributed by atoms with Gasteiger partial charge in [0, 0.05) is 11.1 Å². The molecule has 2 aromatic rings. The molecule has 0 spiro atoms. The number of benzene rings is 2. The molecule has 0 atom stereocenters. The Morgan fingerprint density at radius 2 is 1.81 bits per heavy atom. The number of ether oxygens (including phenoxy) is 1. The van der Waals surface area contributed by atoms with Crippen LogP contribution in [-0.2, 0) is 0 Å². The molecule has 0 saturated heterocycles. The van der Waals surface area contributed by atoms with Crippen molar-refractivity contribution in [3.63, 3.8) is 0 Å². The van der Waals surface area contributed by atoms with Crippen LogP contribution in [0.2, 0.25) is 10.0 Å². The Labute approximate surface area is 133 Å². The highest BCUT2D eigenvalue weighted by molar-refractivity contribution is 6.33. The molecule has 4 nitrogen and oxygen atoms in total. The summed E-state index contributed by atoms with van der Waals surface area (Å²) in [6.07, 6.45) is 0.893. The molecule has 0 unspecified atom stereocenters. The third kappa shape index (κ3) is 4.34. The van der Waals surface area contributed by atoms with Crippen LogP contribution in [0.25, 0.3) is 0 Å². The Morgan fingerprint density at radius 1 is 1.10 bits per heavy atom. The van der Waals surface area contributed by atoms with Crippen molar-refractivity contribution >= 4 is 40.3 Å². The van der Waals surface area contributed by atoms with Crippen LogP contribution in [0.4, 0.5) is 17.1 Å². The summed E-state index contributed by atoms with van der Waals surface area (Å²) in [5.74, 6) is 0.561. The second-order valence-corrected chi connectivity index (χ2v) is 5.21. The minimum atomic E-state index is 0.425. The molecule has 0 aliphatic rings. The van der Waals surface area contributed by atoms with Gasteiger partial charge in [-0.2, -0.15) is 5.11 Å². The highest BCUT2D eigenvalue weighted by atomic mass is 35.5. The zero-order chi connectivity index (χ0) is 15.2. The van der Waals surface area contributed by atoms with Gasteiger partial charge in [-0.25, -0.2) is 0 Å². The summed E-state index contributed by atoms with van der Waals surface area (Å²) in [6, 6.07) is 10.3. The minimum Gasteiger partial charge on any atom is -0.491 e. The summed E-state index contributed by atoms with van der Waals surface area (Å²) in [5.41, 5.74) is 7.53. The van der Waals surface area contributed by atoms with Crippen molar-refractivity contribution in [3.8, 4) is 5.75 Å². The summed E-state index contributed by atoms with van der Waals surface area (Å²) in [6.45, 7) is 2.60. The van der Waals surface area contributed by atoms with E-state index in [1.807, 2.05) is 6.92 Å². The predicted molar refractivity (Wildman–Crippen MR) is 87.3 cm³/mol. The monoisotopic (exact) mass is 323 g/mol. The fraction of sp³-hybridized carbons (Fsp3) is 0.200. The molecule has 0 heterocycles. The highest BCUT2D eigenvalue weighted by Crippen LogP contribution is 2.35. The summed E-state index contributed by atoms with van der Waals surface area (Å²) in [7, 11) is 0. The standard InChI is InChI=1S/C15H15Cl2N3O/c1-2-7-21-15-9-14(12(17)8-13(15)18)20-19-11-5-3-10(16)4-6-11/h3-6,8-9H,2,7,18H2,1H3. The van der Waals surface area contributed by atoms with Crippen molar-refractivity contribution in [1.29, 1.82) is 0 Å². The molecule has 0 aromatic heterocycles. The molecule has 2 rings (SSSR count).